The van der Waals surface area contributed by atoms with Gasteiger partial charge in [0.2, 0.25) is 5.91 Å². The maximum Gasteiger partial charge on any atom is 0.261 e. The van der Waals surface area contributed by atoms with E-state index in [-0.39, 0.29) is 23.9 Å². The molecule has 3 rings (SSSR count). The standard InChI is InChI=1S/C17H22N4O2.ClH/c1-18-13-5-4-9-20(11-13)16(22)8-10-21-12-19-15-7-3-2-6-14(15)17(21)23;/h2-3,6-7,12-13,18H,4-5,8-11H2,1H3;1H. The van der Waals surface area contributed by atoms with Crippen molar-refractivity contribution in [3.63, 3.8) is 0 Å². The average Bonchev–Trinajstić information content (AvgIpc) is 2.61. The van der Waals surface area contributed by atoms with Crippen LogP contribution < -0.4 is 10.9 Å². The summed E-state index contributed by atoms with van der Waals surface area (Å²) in [6, 6.07) is 7.64. The van der Waals surface area contributed by atoms with Crippen LogP contribution in [0.25, 0.3) is 10.9 Å². The number of aryl methyl sites for hydroxylation is 1. The molecule has 1 aliphatic heterocycles. The molecule has 1 N–H and O–H groups in total. The summed E-state index contributed by atoms with van der Waals surface area (Å²) < 4.78 is 1.53. The summed E-state index contributed by atoms with van der Waals surface area (Å²) in [7, 11) is 1.93. The zero-order valence-corrected chi connectivity index (χ0v) is 14.6. The molecule has 24 heavy (non-hydrogen) atoms. The van der Waals surface area contributed by atoms with Gasteiger partial charge in [-0.2, -0.15) is 0 Å². The Morgan fingerprint density at radius 3 is 2.96 bits per heavy atom. The summed E-state index contributed by atoms with van der Waals surface area (Å²) in [4.78, 5) is 31.0. The summed E-state index contributed by atoms with van der Waals surface area (Å²) in [5, 5.41) is 3.83. The van der Waals surface area contributed by atoms with E-state index in [4.69, 9.17) is 0 Å². The van der Waals surface area contributed by atoms with Gasteiger partial charge in [0.25, 0.3) is 5.56 Å². The third kappa shape index (κ3) is 3.94. The highest BCUT2D eigenvalue weighted by Gasteiger charge is 2.22. The zero-order valence-electron chi connectivity index (χ0n) is 13.8. The highest BCUT2D eigenvalue weighted by molar-refractivity contribution is 5.85. The lowest BCUT2D eigenvalue weighted by Crippen LogP contribution is -2.47. The summed E-state index contributed by atoms with van der Waals surface area (Å²) in [5.41, 5.74) is 0.600. The van der Waals surface area contributed by atoms with Crippen molar-refractivity contribution >= 4 is 29.2 Å². The predicted molar refractivity (Wildman–Crippen MR) is 96.5 cm³/mol. The second-order valence-corrected chi connectivity index (χ2v) is 5.98. The van der Waals surface area contributed by atoms with Gasteiger partial charge in [-0.15, -0.1) is 12.4 Å². The second kappa shape index (κ2) is 8.26. The molecule has 2 aromatic rings. The molecule has 1 aliphatic rings. The fraction of sp³-hybridized carbons (Fsp3) is 0.471. The molecule has 0 bridgehead atoms. The molecule has 7 heteroatoms. The Hall–Kier alpha value is -1.92. The molecular weight excluding hydrogens is 328 g/mol. The SMILES string of the molecule is CNC1CCCN(C(=O)CCn2cnc3ccccc3c2=O)C1.Cl. The van der Waals surface area contributed by atoms with Gasteiger partial charge < -0.3 is 10.2 Å². The summed E-state index contributed by atoms with van der Waals surface area (Å²) in [6.45, 7) is 1.93. The molecule has 6 nitrogen and oxygen atoms in total. The Bertz CT molecular complexity index is 762. The number of halogens is 1. The van der Waals surface area contributed by atoms with Crippen molar-refractivity contribution in [3.8, 4) is 0 Å². The minimum atomic E-state index is -0.0878. The lowest BCUT2D eigenvalue weighted by molar-refractivity contribution is -0.132. The number of amides is 1. The molecule has 1 amide bonds. The van der Waals surface area contributed by atoms with Crippen molar-refractivity contribution in [2.24, 2.45) is 0 Å². The van der Waals surface area contributed by atoms with Crippen LogP contribution in [0.3, 0.4) is 0 Å². The number of nitrogens with one attached hydrogen (secondary N) is 1. The molecule has 0 saturated carbocycles. The Labute approximate surface area is 147 Å². The number of hydrogen-bond donors (Lipinski definition) is 1. The Balaban J connectivity index is 0.00000208. The molecule has 1 unspecified atom stereocenters. The van der Waals surface area contributed by atoms with Gasteiger partial charge in [0.05, 0.1) is 17.2 Å². The van der Waals surface area contributed by atoms with Gasteiger partial charge >= 0.3 is 0 Å². The van der Waals surface area contributed by atoms with Crippen LogP contribution in [0.1, 0.15) is 19.3 Å². The fourth-order valence-electron chi connectivity index (χ4n) is 3.08. The Morgan fingerprint density at radius 1 is 1.38 bits per heavy atom. The number of hydrogen-bond acceptors (Lipinski definition) is 4. The van der Waals surface area contributed by atoms with E-state index < -0.39 is 0 Å². The van der Waals surface area contributed by atoms with Gasteiger partial charge in [-0.3, -0.25) is 14.2 Å². The number of carbonyl (C=O) groups excluding carboxylic acids is 1. The summed E-state index contributed by atoms with van der Waals surface area (Å²) >= 11 is 0. The first-order valence-electron chi connectivity index (χ1n) is 8.08. The van der Waals surface area contributed by atoms with E-state index in [1.54, 1.807) is 6.07 Å². The first-order valence-corrected chi connectivity index (χ1v) is 8.08. The number of nitrogens with zero attached hydrogens (tertiary/aromatic N) is 3. The number of fused-ring (bicyclic) bond motifs is 1. The lowest BCUT2D eigenvalue weighted by atomic mass is 10.1. The van der Waals surface area contributed by atoms with E-state index in [0.717, 1.165) is 25.9 Å². The predicted octanol–water partition coefficient (Wildman–Crippen LogP) is 1.42. The number of rotatable bonds is 4. The summed E-state index contributed by atoms with van der Waals surface area (Å²) in [6.07, 6.45) is 3.99. The number of para-hydroxylation sites is 1. The quantitative estimate of drug-likeness (QED) is 0.905. The smallest absolute Gasteiger partial charge is 0.261 e. The molecule has 1 saturated heterocycles. The topological polar surface area (TPSA) is 67.2 Å². The molecule has 0 aliphatic carbocycles. The van der Waals surface area contributed by atoms with Crippen molar-refractivity contribution < 1.29 is 4.79 Å². The molecule has 1 aromatic carbocycles. The maximum atomic E-state index is 12.4. The largest absolute Gasteiger partial charge is 0.341 e. The highest BCUT2D eigenvalue weighted by atomic mass is 35.5. The first-order chi connectivity index (χ1) is 11.2. The van der Waals surface area contributed by atoms with E-state index in [1.165, 1.54) is 10.9 Å². The minimum absolute atomic E-state index is 0. The first kappa shape index (κ1) is 18.4. The average molecular weight is 351 g/mol. The van der Waals surface area contributed by atoms with E-state index >= 15 is 0 Å². The number of likely N-dealkylation sites (tertiary alicyclic amines) is 1. The Kier molecular flexibility index (Phi) is 6.34. The van der Waals surface area contributed by atoms with Gasteiger partial charge in [-0.05, 0) is 32.0 Å². The van der Waals surface area contributed by atoms with Crippen LogP contribution in [0.15, 0.2) is 35.4 Å². The normalized spacial score (nSPS) is 17.5. The van der Waals surface area contributed by atoms with Crippen LogP contribution in [-0.2, 0) is 11.3 Å². The van der Waals surface area contributed by atoms with Gasteiger partial charge in [-0.25, -0.2) is 4.98 Å². The van der Waals surface area contributed by atoms with Gasteiger partial charge in [0.15, 0.2) is 0 Å². The van der Waals surface area contributed by atoms with Gasteiger partial charge in [-0.1, -0.05) is 12.1 Å². The van der Waals surface area contributed by atoms with Crippen LogP contribution in [0.2, 0.25) is 0 Å². The van der Waals surface area contributed by atoms with Crippen molar-refractivity contribution in [2.75, 3.05) is 20.1 Å². The third-order valence-electron chi connectivity index (χ3n) is 4.48. The molecular formula is C17H23ClN4O2. The Morgan fingerprint density at radius 2 is 2.17 bits per heavy atom. The number of piperidine rings is 1. The number of carbonyl (C=O) groups is 1. The number of likely N-dealkylation sites (N-methyl/N-ethyl adjacent to an activating group) is 1. The molecule has 1 aromatic heterocycles. The van der Waals surface area contributed by atoms with E-state index in [0.29, 0.717) is 29.9 Å². The number of benzene rings is 1. The van der Waals surface area contributed by atoms with E-state index in [2.05, 4.69) is 10.3 Å². The molecule has 0 spiro atoms. The fourth-order valence-corrected chi connectivity index (χ4v) is 3.08. The van der Waals surface area contributed by atoms with Crippen molar-refractivity contribution in [1.82, 2.24) is 19.8 Å². The molecule has 1 fully saturated rings. The second-order valence-electron chi connectivity index (χ2n) is 5.98. The molecule has 2 heterocycles. The van der Waals surface area contributed by atoms with Crippen LogP contribution >= 0.6 is 12.4 Å². The number of aromatic nitrogens is 2. The maximum absolute atomic E-state index is 12.4. The third-order valence-corrected chi connectivity index (χ3v) is 4.48. The minimum Gasteiger partial charge on any atom is -0.341 e. The van der Waals surface area contributed by atoms with E-state index in [9.17, 15) is 9.59 Å². The van der Waals surface area contributed by atoms with Crippen LogP contribution in [0.4, 0.5) is 0 Å². The monoisotopic (exact) mass is 350 g/mol. The molecule has 130 valence electrons. The summed E-state index contributed by atoms with van der Waals surface area (Å²) in [5.74, 6) is 0.102. The van der Waals surface area contributed by atoms with Crippen molar-refractivity contribution in [2.45, 2.75) is 31.8 Å². The lowest BCUT2D eigenvalue weighted by Gasteiger charge is -2.32. The van der Waals surface area contributed by atoms with Gasteiger partial charge in [0, 0.05) is 32.1 Å². The van der Waals surface area contributed by atoms with Crippen LogP contribution in [0.5, 0.6) is 0 Å². The zero-order chi connectivity index (χ0) is 16.2. The van der Waals surface area contributed by atoms with Crippen molar-refractivity contribution in [1.29, 1.82) is 0 Å². The van der Waals surface area contributed by atoms with Crippen LogP contribution in [-0.4, -0.2) is 46.5 Å². The highest BCUT2D eigenvalue weighted by Crippen LogP contribution is 2.11. The van der Waals surface area contributed by atoms with E-state index in [1.807, 2.05) is 30.1 Å². The van der Waals surface area contributed by atoms with Crippen LogP contribution in [0, 0.1) is 0 Å². The van der Waals surface area contributed by atoms with Gasteiger partial charge in [0.1, 0.15) is 0 Å². The molecule has 0 radical (unpaired) electrons. The molecule has 1 atom stereocenters. The van der Waals surface area contributed by atoms with Crippen molar-refractivity contribution in [3.05, 3.63) is 40.9 Å².